The van der Waals surface area contributed by atoms with Crippen LogP contribution in [0.4, 0.5) is 10.5 Å². The third-order valence-electron chi connectivity index (χ3n) is 8.91. The van der Waals surface area contributed by atoms with Gasteiger partial charge in [-0.25, -0.2) is 4.79 Å². The predicted molar refractivity (Wildman–Crippen MR) is 165 cm³/mol. The van der Waals surface area contributed by atoms with E-state index >= 15 is 0 Å². The summed E-state index contributed by atoms with van der Waals surface area (Å²) in [5.74, 6) is 1.68. The Kier molecular flexibility index (Phi) is 8.83. The topological polar surface area (TPSA) is 59.0 Å². The second-order valence-electron chi connectivity index (χ2n) is 13.9. The molecule has 210 valence electrons. The summed E-state index contributed by atoms with van der Waals surface area (Å²) in [5, 5.41) is 10.1. The van der Waals surface area contributed by atoms with Gasteiger partial charge in [0.25, 0.3) is 8.32 Å². The van der Waals surface area contributed by atoms with Crippen molar-refractivity contribution in [3.63, 3.8) is 0 Å². The number of benzene rings is 2. The molecule has 0 radical (unpaired) electrons. The van der Waals surface area contributed by atoms with Gasteiger partial charge in [0.2, 0.25) is 8.32 Å². The van der Waals surface area contributed by atoms with Crippen LogP contribution < -0.4 is 13.8 Å². The molecule has 5 nitrogen and oxygen atoms in total. The van der Waals surface area contributed by atoms with Crippen molar-refractivity contribution in [3.05, 3.63) is 42.5 Å². The van der Waals surface area contributed by atoms with Crippen molar-refractivity contribution in [2.24, 2.45) is 0 Å². The Balaban J connectivity index is 2.01. The van der Waals surface area contributed by atoms with Crippen molar-refractivity contribution in [3.8, 4) is 22.6 Å². The van der Waals surface area contributed by atoms with E-state index in [1.807, 2.05) is 30.3 Å². The molecule has 1 saturated carbocycles. The number of hydrogen-bond donors (Lipinski definition) is 1. The van der Waals surface area contributed by atoms with Crippen LogP contribution in [0.2, 0.25) is 36.3 Å². The molecule has 7 heteroatoms. The molecule has 1 N–H and O–H groups in total. The molecule has 2 aromatic rings. The van der Waals surface area contributed by atoms with E-state index in [0.717, 1.165) is 54.0 Å². The van der Waals surface area contributed by atoms with Crippen LogP contribution in [-0.4, -0.2) is 33.9 Å². The first-order valence-corrected chi connectivity index (χ1v) is 19.9. The Bertz CT molecular complexity index is 1110. The summed E-state index contributed by atoms with van der Waals surface area (Å²) in [4.78, 5) is 13.7. The standard InChI is InChI=1S/C31H49NO4Si2/c1-30(2,3)37(7,8)35-26-20-21-27(28(22-26)36-38(9,10)31(4,5)6)23-16-18-25(19-17-23)32(29(33)34)24-14-12-11-13-15-24/h16-22,24H,11-15H2,1-10H3,(H,33,34). The van der Waals surface area contributed by atoms with Gasteiger partial charge in [-0.2, -0.15) is 0 Å². The lowest BCUT2D eigenvalue weighted by atomic mass is 9.94. The number of nitrogens with zero attached hydrogens (tertiary/aromatic N) is 1. The van der Waals surface area contributed by atoms with E-state index in [1.54, 1.807) is 4.90 Å². The molecule has 0 aliphatic heterocycles. The third-order valence-corrected chi connectivity index (χ3v) is 17.6. The van der Waals surface area contributed by atoms with E-state index in [4.69, 9.17) is 8.85 Å². The molecular weight excluding hydrogens is 507 g/mol. The summed E-state index contributed by atoms with van der Waals surface area (Å²) in [5.41, 5.74) is 2.75. The highest BCUT2D eigenvalue weighted by Gasteiger charge is 2.41. The first-order chi connectivity index (χ1) is 17.4. The number of rotatable bonds is 7. The maximum atomic E-state index is 12.2. The normalized spacial score (nSPS) is 15.7. The Morgan fingerprint density at radius 1 is 0.816 bits per heavy atom. The highest BCUT2D eigenvalue weighted by molar-refractivity contribution is 6.75. The van der Waals surface area contributed by atoms with E-state index in [-0.39, 0.29) is 16.1 Å². The molecule has 38 heavy (non-hydrogen) atoms. The van der Waals surface area contributed by atoms with Gasteiger partial charge in [-0.05, 0) is 78.9 Å². The Hall–Kier alpha value is -2.26. The van der Waals surface area contributed by atoms with E-state index in [9.17, 15) is 9.90 Å². The van der Waals surface area contributed by atoms with E-state index < -0.39 is 22.7 Å². The third kappa shape index (κ3) is 6.84. The fourth-order valence-electron chi connectivity index (χ4n) is 4.38. The SMILES string of the molecule is CC(C)(C)[Si](C)(C)Oc1ccc(-c2ccc(N(C(=O)O)C3CCCCC3)cc2)c(O[Si](C)(C)C(C)(C)C)c1. The average molecular weight is 556 g/mol. The minimum atomic E-state index is -2.12. The van der Waals surface area contributed by atoms with Crippen LogP contribution in [0, 0.1) is 0 Å². The van der Waals surface area contributed by atoms with Gasteiger partial charge in [0.15, 0.2) is 0 Å². The Labute approximate surface area is 232 Å². The zero-order chi connectivity index (χ0) is 28.5. The number of carbonyl (C=O) groups is 1. The van der Waals surface area contributed by atoms with Gasteiger partial charge in [0.05, 0.1) is 0 Å². The van der Waals surface area contributed by atoms with Crippen molar-refractivity contribution in [1.29, 1.82) is 0 Å². The first kappa shape index (κ1) is 30.3. The van der Waals surface area contributed by atoms with Crippen LogP contribution in [-0.2, 0) is 0 Å². The van der Waals surface area contributed by atoms with Gasteiger partial charge < -0.3 is 14.0 Å². The second-order valence-corrected chi connectivity index (χ2v) is 23.3. The summed E-state index contributed by atoms with van der Waals surface area (Å²) in [6.07, 6.45) is 4.34. The lowest BCUT2D eigenvalue weighted by molar-refractivity contribution is 0.196. The molecular formula is C31H49NO4Si2. The van der Waals surface area contributed by atoms with Gasteiger partial charge in [-0.15, -0.1) is 0 Å². The highest BCUT2D eigenvalue weighted by Crippen LogP contribution is 2.44. The van der Waals surface area contributed by atoms with Crippen molar-refractivity contribution in [2.75, 3.05) is 4.90 Å². The lowest BCUT2D eigenvalue weighted by Crippen LogP contribution is -2.44. The van der Waals surface area contributed by atoms with Gasteiger partial charge in [-0.1, -0.05) is 72.9 Å². The lowest BCUT2D eigenvalue weighted by Gasteiger charge is -2.38. The molecule has 0 spiro atoms. The second kappa shape index (κ2) is 11.1. The van der Waals surface area contributed by atoms with E-state index in [2.05, 4.69) is 79.9 Å². The molecule has 0 bridgehead atoms. The number of amides is 1. The quantitative estimate of drug-likeness (QED) is 0.345. The molecule has 1 amide bonds. The molecule has 0 atom stereocenters. The fraction of sp³-hybridized carbons (Fsp3) is 0.581. The molecule has 0 saturated heterocycles. The van der Waals surface area contributed by atoms with E-state index in [1.165, 1.54) is 6.42 Å². The molecule has 0 aromatic heterocycles. The van der Waals surface area contributed by atoms with Gasteiger partial charge in [0, 0.05) is 23.4 Å². The van der Waals surface area contributed by atoms with Gasteiger partial charge in [0.1, 0.15) is 11.5 Å². The molecule has 1 aliphatic carbocycles. The van der Waals surface area contributed by atoms with Crippen LogP contribution in [0.5, 0.6) is 11.5 Å². The zero-order valence-corrected chi connectivity index (χ0v) is 27.3. The Morgan fingerprint density at radius 2 is 1.34 bits per heavy atom. The van der Waals surface area contributed by atoms with Crippen LogP contribution in [0.1, 0.15) is 73.6 Å². The monoisotopic (exact) mass is 555 g/mol. The summed E-state index contributed by atoms with van der Waals surface area (Å²) >= 11 is 0. The smallest absolute Gasteiger partial charge is 0.412 e. The molecule has 1 aliphatic rings. The van der Waals surface area contributed by atoms with Crippen LogP contribution in [0.25, 0.3) is 11.1 Å². The first-order valence-electron chi connectivity index (χ1n) is 14.1. The summed E-state index contributed by atoms with van der Waals surface area (Å²) < 4.78 is 13.5. The van der Waals surface area contributed by atoms with Gasteiger partial charge in [-0.3, -0.25) is 4.90 Å². The molecule has 1 fully saturated rings. The highest BCUT2D eigenvalue weighted by atomic mass is 28.4. The zero-order valence-electron chi connectivity index (χ0n) is 25.3. The number of anilines is 1. The van der Waals surface area contributed by atoms with Crippen molar-refractivity contribution >= 4 is 28.4 Å². The fourth-order valence-corrected chi connectivity index (χ4v) is 6.43. The minimum absolute atomic E-state index is 0.0480. The van der Waals surface area contributed by atoms with Crippen molar-refractivity contribution < 1.29 is 18.8 Å². The summed E-state index contributed by atoms with van der Waals surface area (Å²) in [6, 6.07) is 14.2. The van der Waals surface area contributed by atoms with Crippen LogP contribution >= 0.6 is 0 Å². The Morgan fingerprint density at radius 3 is 1.84 bits per heavy atom. The van der Waals surface area contributed by atoms with E-state index in [0.29, 0.717) is 0 Å². The molecule has 3 rings (SSSR count). The predicted octanol–water partition coefficient (Wildman–Crippen LogP) is 9.94. The molecule has 0 heterocycles. The van der Waals surface area contributed by atoms with Gasteiger partial charge >= 0.3 is 6.09 Å². The molecule has 0 unspecified atom stereocenters. The summed E-state index contributed by atoms with van der Waals surface area (Å²) in [7, 11) is -4.14. The largest absolute Gasteiger partial charge is 0.543 e. The van der Waals surface area contributed by atoms with Crippen molar-refractivity contribution in [1.82, 2.24) is 0 Å². The van der Waals surface area contributed by atoms with Crippen LogP contribution in [0.15, 0.2) is 42.5 Å². The maximum Gasteiger partial charge on any atom is 0.412 e. The maximum absolute atomic E-state index is 12.2. The average Bonchev–Trinajstić information content (AvgIpc) is 2.78. The minimum Gasteiger partial charge on any atom is -0.543 e. The number of carboxylic acid groups (broad SMARTS) is 1. The number of hydrogen-bond acceptors (Lipinski definition) is 3. The summed E-state index contributed by atoms with van der Waals surface area (Å²) in [6.45, 7) is 22.5. The molecule has 2 aromatic carbocycles. The van der Waals surface area contributed by atoms with Crippen LogP contribution in [0.3, 0.4) is 0 Å². The van der Waals surface area contributed by atoms with Crippen molar-refractivity contribution in [2.45, 2.75) is 116 Å².